The summed E-state index contributed by atoms with van der Waals surface area (Å²) in [6.07, 6.45) is -0.292. The van der Waals surface area contributed by atoms with Crippen molar-refractivity contribution in [3.63, 3.8) is 0 Å². The summed E-state index contributed by atoms with van der Waals surface area (Å²) in [5, 5.41) is 30.1. The van der Waals surface area contributed by atoms with Gasteiger partial charge in [-0.25, -0.2) is 0 Å². The largest absolute Gasteiger partial charge is 0.480 e. The number of carboxylic acid groups (broad SMARTS) is 1. The number of fused-ring (bicyclic) bond motifs is 1. The number of nitrogens with zero attached hydrogens (tertiary/aromatic N) is 1. The van der Waals surface area contributed by atoms with Crippen LogP contribution in [0.2, 0.25) is 0 Å². The van der Waals surface area contributed by atoms with Gasteiger partial charge in [-0.05, 0) is 26.8 Å². The Bertz CT molecular complexity index is 691. The predicted molar refractivity (Wildman–Crippen MR) is 83.5 cm³/mol. The minimum Gasteiger partial charge on any atom is -0.480 e. The molecular weight excluding hydrogens is 284 g/mol. The predicted octanol–water partition coefficient (Wildman–Crippen LogP) is 1.20. The lowest BCUT2D eigenvalue weighted by Gasteiger charge is -2.31. The van der Waals surface area contributed by atoms with Gasteiger partial charge in [-0.15, -0.1) is 0 Å². The van der Waals surface area contributed by atoms with Crippen LogP contribution in [0.15, 0.2) is 30.5 Å². The van der Waals surface area contributed by atoms with E-state index in [1.807, 2.05) is 36.6 Å². The molecule has 0 bridgehead atoms. The minimum absolute atomic E-state index is 0.444. The van der Waals surface area contributed by atoms with Gasteiger partial charge in [0, 0.05) is 22.7 Å². The fourth-order valence-electron chi connectivity index (χ4n) is 2.45. The minimum atomic E-state index is -1.41. The number of aliphatic hydroxyl groups is 2. The van der Waals surface area contributed by atoms with E-state index in [9.17, 15) is 15.0 Å². The molecule has 1 heterocycles. The molecule has 3 atom stereocenters. The van der Waals surface area contributed by atoms with Crippen LogP contribution < -0.4 is 5.73 Å². The number of hydrogen-bond donors (Lipinski definition) is 4. The second-order valence-corrected chi connectivity index (χ2v) is 6.11. The smallest absolute Gasteiger partial charge is 0.323 e. The number of hydrogen-bond acceptors (Lipinski definition) is 4. The van der Waals surface area contributed by atoms with Crippen LogP contribution in [0.5, 0.6) is 0 Å². The Hall–Kier alpha value is -1.89. The average Bonchev–Trinajstić information content (AvgIpc) is 2.85. The third-order valence-electron chi connectivity index (χ3n) is 4.33. The Morgan fingerprint density at radius 2 is 1.86 bits per heavy atom. The van der Waals surface area contributed by atoms with Gasteiger partial charge in [0.25, 0.3) is 0 Å². The van der Waals surface area contributed by atoms with E-state index in [2.05, 4.69) is 0 Å². The Balaban J connectivity index is 2.65. The molecule has 6 heteroatoms. The van der Waals surface area contributed by atoms with Crippen LogP contribution in [0.3, 0.4) is 0 Å². The Labute approximate surface area is 128 Å². The summed E-state index contributed by atoms with van der Waals surface area (Å²) in [5.41, 5.74) is 6.18. The van der Waals surface area contributed by atoms with Crippen LogP contribution in [0, 0.1) is 0 Å². The molecule has 2 aromatic rings. The van der Waals surface area contributed by atoms with E-state index in [4.69, 9.17) is 10.8 Å². The molecule has 22 heavy (non-hydrogen) atoms. The maximum atomic E-state index is 11.0. The number of para-hydroxylation sites is 1. The van der Waals surface area contributed by atoms with Gasteiger partial charge in [0.2, 0.25) is 0 Å². The highest BCUT2D eigenvalue weighted by Crippen LogP contribution is 2.33. The van der Waals surface area contributed by atoms with Crippen LogP contribution in [0.1, 0.15) is 32.4 Å². The van der Waals surface area contributed by atoms with Gasteiger partial charge in [-0.2, -0.15) is 0 Å². The first-order chi connectivity index (χ1) is 10.2. The average molecular weight is 306 g/mol. The van der Waals surface area contributed by atoms with Gasteiger partial charge in [-0.3, -0.25) is 4.79 Å². The normalized spacial score (nSPS) is 16.5. The Kier molecular flexibility index (Phi) is 4.28. The molecule has 0 aliphatic rings. The van der Waals surface area contributed by atoms with Crippen LogP contribution in [0.4, 0.5) is 0 Å². The van der Waals surface area contributed by atoms with Crippen LogP contribution in [-0.4, -0.2) is 38.0 Å². The van der Waals surface area contributed by atoms with E-state index in [0.29, 0.717) is 5.56 Å². The highest BCUT2D eigenvalue weighted by molar-refractivity contribution is 5.86. The zero-order valence-electron chi connectivity index (χ0n) is 12.9. The molecule has 1 aromatic carbocycles. The second-order valence-electron chi connectivity index (χ2n) is 6.11. The van der Waals surface area contributed by atoms with Crippen molar-refractivity contribution in [2.45, 2.75) is 44.6 Å². The Morgan fingerprint density at radius 1 is 1.27 bits per heavy atom. The van der Waals surface area contributed by atoms with Gasteiger partial charge < -0.3 is 25.6 Å². The van der Waals surface area contributed by atoms with Crippen LogP contribution in [0.25, 0.3) is 10.9 Å². The standard InChI is InChI=1S/C16H22N2O4/c1-9(19)16(2,3)18-8-11(14(20)13(17)15(21)22)10-6-4-5-7-12(10)18/h4-9,13-14,19-20H,17H2,1-3H3,(H,21,22)/t9-,13+,14-/m1/s1. The molecular formula is C16H22N2O4. The lowest BCUT2D eigenvalue weighted by atomic mass is 9.98. The van der Waals surface area contributed by atoms with Gasteiger partial charge >= 0.3 is 5.97 Å². The second kappa shape index (κ2) is 5.72. The number of rotatable bonds is 5. The fourth-order valence-corrected chi connectivity index (χ4v) is 2.45. The zero-order chi connectivity index (χ0) is 16.7. The third kappa shape index (κ3) is 2.61. The number of benzene rings is 1. The third-order valence-corrected chi connectivity index (χ3v) is 4.33. The van der Waals surface area contributed by atoms with Gasteiger partial charge in [0.05, 0.1) is 11.6 Å². The van der Waals surface area contributed by atoms with Crippen molar-refractivity contribution < 1.29 is 20.1 Å². The maximum absolute atomic E-state index is 11.0. The summed E-state index contributed by atoms with van der Waals surface area (Å²) in [7, 11) is 0. The molecule has 5 N–H and O–H groups in total. The molecule has 0 unspecified atom stereocenters. The summed E-state index contributed by atoms with van der Waals surface area (Å²) < 4.78 is 1.85. The molecule has 0 radical (unpaired) electrons. The van der Waals surface area contributed by atoms with Crippen LogP contribution >= 0.6 is 0 Å². The number of aliphatic carboxylic acids is 1. The number of nitrogens with two attached hydrogens (primary N) is 1. The zero-order valence-corrected chi connectivity index (χ0v) is 12.9. The lowest BCUT2D eigenvalue weighted by molar-refractivity contribution is -0.141. The first-order valence-corrected chi connectivity index (χ1v) is 7.13. The van der Waals surface area contributed by atoms with E-state index in [0.717, 1.165) is 10.9 Å². The van der Waals surface area contributed by atoms with Crippen molar-refractivity contribution in [3.05, 3.63) is 36.0 Å². The van der Waals surface area contributed by atoms with E-state index in [1.165, 1.54) is 0 Å². The summed E-state index contributed by atoms with van der Waals surface area (Å²) in [6.45, 7) is 5.43. The molecule has 1 aromatic heterocycles. The van der Waals surface area contributed by atoms with Crippen molar-refractivity contribution in [2.75, 3.05) is 0 Å². The summed E-state index contributed by atoms with van der Waals surface area (Å²) >= 11 is 0. The molecule has 0 aliphatic carbocycles. The molecule has 6 nitrogen and oxygen atoms in total. The van der Waals surface area contributed by atoms with E-state index in [-0.39, 0.29) is 0 Å². The molecule has 0 spiro atoms. The van der Waals surface area contributed by atoms with Crippen molar-refractivity contribution in [3.8, 4) is 0 Å². The molecule has 0 saturated heterocycles. The number of aromatic nitrogens is 1. The summed E-state index contributed by atoms with van der Waals surface area (Å²) in [5.74, 6) is -1.26. The summed E-state index contributed by atoms with van der Waals surface area (Å²) in [4.78, 5) is 11.0. The van der Waals surface area contributed by atoms with E-state index < -0.39 is 29.8 Å². The topological polar surface area (TPSA) is 109 Å². The highest BCUT2D eigenvalue weighted by atomic mass is 16.4. The monoisotopic (exact) mass is 306 g/mol. The quantitative estimate of drug-likeness (QED) is 0.664. The summed E-state index contributed by atoms with van der Waals surface area (Å²) in [6, 6.07) is 5.92. The van der Waals surface area contributed by atoms with Crippen molar-refractivity contribution in [1.29, 1.82) is 0 Å². The van der Waals surface area contributed by atoms with Crippen LogP contribution in [-0.2, 0) is 10.3 Å². The van der Waals surface area contributed by atoms with E-state index >= 15 is 0 Å². The molecule has 2 rings (SSSR count). The van der Waals surface area contributed by atoms with E-state index in [1.54, 1.807) is 19.2 Å². The van der Waals surface area contributed by atoms with Crippen molar-refractivity contribution >= 4 is 16.9 Å². The molecule has 0 saturated carbocycles. The molecule has 0 amide bonds. The molecule has 0 fully saturated rings. The first kappa shape index (κ1) is 16.5. The Morgan fingerprint density at radius 3 is 2.41 bits per heavy atom. The fraction of sp³-hybridized carbons (Fsp3) is 0.438. The number of carbonyl (C=O) groups is 1. The van der Waals surface area contributed by atoms with Gasteiger partial charge in [0.15, 0.2) is 0 Å². The highest BCUT2D eigenvalue weighted by Gasteiger charge is 2.32. The van der Waals surface area contributed by atoms with Gasteiger partial charge in [-0.1, -0.05) is 18.2 Å². The maximum Gasteiger partial charge on any atom is 0.323 e. The molecule has 120 valence electrons. The molecule has 0 aliphatic heterocycles. The van der Waals surface area contributed by atoms with Crippen molar-refractivity contribution in [1.82, 2.24) is 4.57 Å². The van der Waals surface area contributed by atoms with Crippen molar-refractivity contribution in [2.24, 2.45) is 5.73 Å². The number of carboxylic acids is 1. The number of aliphatic hydroxyl groups excluding tert-OH is 2. The van der Waals surface area contributed by atoms with Gasteiger partial charge in [0.1, 0.15) is 12.1 Å². The lowest BCUT2D eigenvalue weighted by Crippen LogP contribution is -2.38. The SMILES string of the molecule is C[C@@H](O)C(C)(C)n1cc([C@@H](O)[C@H](N)C(=O)O)c2ccccc21. The first-order valence-electron chi connectivity index (χ1n) is 7.13.